The van der Waals surface area contributed by atoms with Crippen LogP contribution in [0, 0.1) is 4.84 Å². The van der Waals surface area contributed by atoms with Crippen LogP contribution >= 0.6 is 12.2 Å². The summed E-state index contributed by atoms with van der Waals surface area (Å²) < 4.78 is 12.7. The van der Waals surface area contributed by atoms with Gasteiger partial charge >= 0.3 is 0 Å². The predicted molar refractivity (Wildman–Crippen MR) is 65.2 cm³/mol. The van der Waals surface area contributed by atoms with Gasteiger partial charge in [-0.15, -0.1) is 0 Å². The minimum atomic E-state index is 0.477. The summed E-state index contributed by atoms with van der Waals surface area (Å²) in [6.45, 7) is 4.10. The Morgan fingerprint density at radius 3 is 3.00 bits per heavy atom. The van der Waals surface area contributed by atoms with Gasteiger partial charge in [-0.25, -0.2) is 4.98 Å². The Bertz CT molecular complexity index is 571. The van der Waals surface area contributed by atoms with Crippen molar-refractivity contribution in [3.8, 4) is 0 Å². The van der Waals surface area contributed by atoms with E-state index in [1.165, 1.54) is 0 Å². The molecule has 0 N–H and O–H groups in total. The lowest BCUT2D eigenvalue weighted by molar-refractivity contribution is 0.0233. The highest BCUT2D eigenvalue weighted by Crippen LogP contribution is 2.15. The van der Waals surface area contributed by atoms with Crippen LogP contribution in [0.2, 0.25) is 0 Å². The molecule has 0 spiro atoms. The number of pyridine rings is 1. The molecule has 0 atom stereocenters. The lowest BCUT2D eigenvalue weighted by Gasteiger charge is -2.26. The predicted octanol–water partition coefficient (Wildman–Crippen LogP) is 1.65. The summed E-state index contributed by atoms with van der Waals surface area (Å²) in [4.78, 5) is 7.07. The van der Waals surface area contributed by atoms with Crippen molar-refractivity contribution in [2.45, 2.75) is 6.67 Å². The van der Waals surface area contributed by atoms with E-state index in [0.29, 0.717) is 11.5 Å². The SMILES string of the molecule is S=c1oc2cccnc2n1CN1CCOCC1. The Kier molecular flexibility index (Phi) is 2.92. The first kappa shape index (κ1) is 10.9. The summed E-state index contributed by atoms with van der Waals surface area (Å²) in [5.41, 5.74) is 1.55. The minimum absolute atomic E-state index is 0.477. The average molecular weight is 251 g/mol. The van der Waals surface area contributed by atoms with Gasteiger partial charge in [-0.2, -0.15) is 0 Å². The maximum absolute atomic E-state index is 5.50. The van der Waals surface area contributed by atoms with E-state index >= 15 is 0 Å². The summed E-state index contributed by atoms with van der Waals surface area (Å²) in [7, 11) is 0. The highest BCUT2D eigenvalue weighted by Gasteiger charge is 2.14. The van der Waals surface area contributed by atoms with Crippen molar-refractivity contribution in [1.29, 1.82) is 0 Å². The number of aromatic nitrogens is 2. The van der Waals surface area contributed by atoms with Gasteiger partial charge < -0.3 is 9.15 Å². The number of fused-ring (bicyclic) bond motifs is 1. The first-order valence-electron chi connectivity index (χ1n) is 5.59. The summed E-state index contributed by atoms with van der Waals surface area (Å²) in [5.74, 6) is 0. The normalized spacial score (nSPS) is 17.6. The second-order valence-electron chi connectivity index (χ2n) is 3.99. The Balaban J connectivity index is 1.93. The largest absolute Gasteiger partial charge is 0.427 e. The van der Waals surface area contributed by atoms with Gasteiger partial charge in [0.1, 0.15) is 0 Å². The molecule has 3 heterocycles. The van der Waals surface area contributed by atoms with Crippen molar-refractivity contribution in [2.75, 3.05) is 26.3 Å². The van der Waals surface area contributed by atoms with Gasteiger partial charge in [-0.3, -0.25) is 9.47 Å². The maximum atomic E-state index is 5.50. The molecule has 0 aliphatic carbocycles. The highest BCUT2D eigenvalue weighted by molar-refractivity contribution is 7.71. The molecule has 90 valence electrons. The molecule has 17 heavy (non-hydrogen) atoms. The topological polar surface area (TPSA) is 43.4 Å². The van der Waals surface area contributed by atoms with Crippen LogP contribution in [0.1, 0.15) is 0 Å². The summed E-state index contributed by atoms with van der Waals surface area (Å²) in [6.07, 6.45) is 1.75. The molecular weight excluding hydrogens is 238 g/mol. The zero-order valence-electron chi connectivity index (χ0n) is 9.33. The Hall–Kier alpha value is -1.24. The molecule has 0 radical (unpaired) electrons. The molecular formula is C11H13N3O2S. The van der Waals surface area contributed by atoms with Crippen LogP contribution in [-0.2, 0) is 11.4 Å². The molecule has 0 amide bonds. The van der Waals surface area contributed by atoms with Gasteiger partial charge in [-0.1, -0.05) is 0 Å². The lowest BCUT2D eigenvalue weighted by Crippen LogP contribution is -2.37. The molecule has 2 aromatic heterocycles. The van der Waals surface area contributed by atoms with Gasteiger partial charge in [0.05, 0.1) is 19.9 Å². The number of rotatable bonds is 2. The number of oxazole rings is 1. The van der Waals surface area contributed by atoms with E-state index in [-0.39, 0.29) is 0 Å². The standard InChI is InChI=1S/C11H13N3O2S/c17-11-14(8-13-4-6-15-7-5-13)10-9(16-11)2-1-3-12-10/h1-3H,4-8H2. The summed E-state index contributed by atoms with van der Waals surface area (Å²) >= 11 is 5.22. The van der Waals surface area contributed by atoms with E-state index in [9.17, 15) is 0 Å². The highest BCUT2D eigenvalue weighted by atomic mass is 32.1. The minimum Gasteiger partial charge on any atom is -0.427 e. The molecule has 0 unspecified atom stereocenters. The smallest absolute Gasteiger partial charge is 0.271 e. The zero-order chi connectivity index (χ0) is 11.7. The fourth-order valence-corrected chi connectivity index (χ4v) is 2.20. The van der Waals surface area contributed by atoms with E-state index in [0.717, 1.165) is 37.5 Å². The fourth-order valence-electron chi connectivity index (χ4n) is 1.97. The third kappa shape index (κ3) is 2.11. The first-order valence-corrected chi connectivity index (χ1v) is 6.00. The number of nitrogens with zero attached hydrogens (tertiary/aromatic N) is 3. The maximum Gasteiger partial charge on any atom is 0.271 e. The molecule has 1 saturated heterocycles. The number of hydrogen-bond acceptors (Lipinski definition) is 5. The van der Waals surface area contributed by atoms with Crippen molar-refractivity contribution < 1.29 is 9.15 Å². The van der Waals surface area contributed by atoms with Crippen LogP contribution in [0.25, 0.3) is 11.2 Å². The van der Waals surface area contributed by atoms with Crippen molar-refractivity contribution in [3.05, 3.63) is 23.2 Å². The van der Waals surface area contributed by atoms with Gasteiger partial charge in [-0.05, 0) is 24.4 Å². The Morgan fingerprint density at radius 2 is 2.18 bits per heavy atom. The molecule has 1 fully saturated rings. The van der Waals surface area contributed by atoms with Crippen LogP contribution in [0.15, 0.2) is 22.7 Å². The third-order valence-electron chi connectivity index (χ3n) is 2.87. The van der Waals surface area contributed by atoms with E-state index in [1.54, 1.807) is 6.20 Å². The van der Waals surface area contributed by atoms with Crippen molar-refractivity contribution in [2.24, 2.45) is 0 Å². The van der Waals surface area contributed by atoms with Crippen LogP contribution in [0.3, 0.4) is 0 Å². The average Bonchev–Trinajstić information content (AvgIpc) is 2.68. The first-order chi connectivity index (χ1) is 8.34. The molecule has 6 heteroatoms. The molecule has 0 aromatic carbocycles. The Morgan fingerprint density at radius 1 is 1.35 bits per heavy atom. The Labute approximate surface area is 104 Å². The van der Waals surface area contributed by atoms with Crippen LogP contribution < -0.4 is 0 Å². The second kappa shape index (κ2) is 4.56. The van der Waals surface area contributed by atoms with Crippen molar-refractivity contribution in [3.63, 3.8) is 0 Å². The van der Waals surface area contributed by atoms with Gasteiger partial charge in [0, 0.05) is 19.3 Å². The molecule has 2 aromatic rings. The van der Waals surface area contributed by atoms with E-state index in [1.807, 2.05) is 16.7 Å². The third-order valence-corrected chi connectivity index (χ3v) is 3.17. The fraction of sp³-hybridized carbons (Fsp3) is 0.455. The van der Waals surface area contributed by atoms with E-state index in [4.69, 9.17) is 21.4 Å². The molecule has 1 aliphatic rings. The molecule has 3 rings (SSSR count). The molecule has 5 nitrogen and oxygen atoms in total. The summed E-state index contributed by atoms with van der Waals surface area (Å²) in [5, 5.41) is 0. The number of hydrogen-bond donors (Lipinski definition) is 0. The van der Waals surface area contributed by atoms with Crippen LogP contribution in [-0.4, -0.2) is 40.8 Å². The zero-order valence-corrected chi connectivity index (χ0v) is 10.2. The van der Waals surface area contributed by atoms with E-state index < -0.39 is 0 Å². The van der Waals surface area contributed by atoms with Crippen molar-refractivity contribution in [1.82, 2.24) is 14.5 Å². The molecule has 1 aliphatic heterocycles. The van der Waals surface area contributed by atoms with Crippen molar-refractivity contribution >= 4 is 23.4 Å². The molecule has 0 bridgehead atoms. The second-order valence-corrected chi connectivity index (χ2v) is 4.34. The summed E-state index contributed by atoms with van der Waals surface area (Å²) in [6, 6.07) is 3.73. The van der Waals surface area contributed by atoms with Crippen LogP contribution in [0.5, 0.6) is 0 Å². The monoisotopic (exact) mass is 251 g/mol. The van der Waals surface area contributed by atoms with Gasteiger partial charge in [0.15, 0.2) is 11.2 Å². The quantitative estimate of drug-likeness (QED) is 0.759. The molecule has 0 saturated carbocycles. The number of ether oxygens (including phenoxy) is 1. The van der Waals surface area contributed by atoms with Crippen LogP contribution in [0.4, 0.5) is 0 Å². The van der Waals surface area contributed by atoms with Gasteiger partial charge in [0.25, 0.3) is 4.84 Å². The van der Waals surface area contributed by atoms with E-state index in [2.05, 4.69) is 9.88 Å². The van der Waals surface area contributed by atoms with Gasteiger partial charge in [0.2, 0.25) is 0 Å². The number of morpholine rings is 1. The lowest BCUT2D eigenvalue weighted by atomic mass is 10.4.